The molecule has 3 aromatic rings. The summed E-state index contributed by atoms with van der Waals surface area (Å²) < 4.78 is 46.8. The Morgan fingerprint density at radius 2 is 1.86 bits per heavy atom. The highest BCUT2D eigenvalue weighted by atomic mass is 32.2. The Bertz CT molecular complexity index is 1390. The van der Waals surface area contributed by atoms with E-state index in [0.717, 1.165) is 16.5 Å². The van der Waals surface area contributed by atoms with Crippen LogP contribution < -0.4 is 14.4 Å². The summed E-state index contributed by atoms with van der Waals surface area (Å²) in [4.78, 5) is 26.6. The lowest BCUT2D eigenvalue weighted by molar-refractivity contribution is -0.116. The van der Waals surface area contributed by atoms with E-state index in [9.17, 15) is 22.4 Å². The van der Waals surface area contributed by atoms with Gasteiger partial charge in [0.05, 0.1) is 29.8 Å². The third-order valence-electron chi connectivity index (χ3n) is 5.67. The SMILES string of the molecule is COc1ccc(S(=O)(=O)N2CCc3ccccc32)cc1C(=O)N(C)CC(=O)Nc1cccc(F)c1. The lowest BCUT2D eigenvalue weighted by Gasteiger charge is -2.22. The van der Waals surface area contributed by atoms with Crippen LogP contribution in [0.3, 0.4) is 0 Å². The Kier molecular flexibility index (Phi) is 6.74. The van der Waals surface area contributed by atoms with Crippen molar-refractivity contribution in [1.29, 1.82) is 0 Å². The van der Waals surface area contributed by atoms with Crippen LogP contribution in [-0.4, -0.2) is 52.4 Å². The summed E-state index contributed by atoms with van der Waals surface area (Å²) in [6.45, 7) is -0.0356. The maximum atomic E-state index is 13.4. The number of carbonyl (C=O) groups excluding carboxylic acids is 2. The first-order valence-corrected chi connectivity index (χ1v) is 12.2. The number of anilines is 2. The Hall–Kier alpha value is -3.92. The first kappa shape index (κ1) is 24.2. The van der Waals surface area contributed by atoms with Gasteiger partial charge in [0.1, 0.15) is 11.6 Å². The van der Waals surface area contributed by atoms with Gasteiger partial charge in [-0.3, -0.25) is 13.9 Å². The molecule has 2 amide bonds. The zero-order chi connectivity index (χ0) is 25.2. The van der Waals surface area contributed by atoms with Gasteiger partial charge in [-0.15, -0.1) is 0 Å². The molecule has 1 aliphatic rings. The maximum absolute atomic E-state index is 13.4. The highest BCUT2D eigenvalue weighted by molar-refractivity contribution is 7.92. The number of hydrogen-bond acceptors (Lipinski definition) is 5. The second-order valence-corrected chi connectivity index (χ2v) is 9.90. The zero-order valence-corrected chi connectivity index (χ0v) is 20.0. The molecular formula is C25H24FN3O5S. The van der Waals surface area contributed by atoms with E-state index >= 15 is 0 Å². The Balaban J connectivity index is 1.56. The topological polar surface area (TPSA) is 96.0 Å². The van der Waals surface area contributed by atoms with E-state index in [1.807, 2.05) is 12.1 Å². The molecule has 0 saturated heterocycles. The van der Waals surface area contributed by atoms with Gasteiger partial charge in [0, 0.05) is 19.3 Å². The van der Waals surface area contributed by atoms with E-state index in [1.54, 1.807) is 12.1 Å². The Morgan fingerprint density at radius 3 is 2.60 bits per heavy atom. The van der Waals surface area contributed by atoms with Gasteiger partial charge in [0.25, 0.3) is 15.9 Å². The van der Waals surface area contributed by atoms with Crippen LogP contribution in [0.1, 0.15) is 15.9 Å². The molecule has 8 nitrogen and oxygen atoms in total. The average Bonchev–Trinajstić information content (AvgIpc) is 3.28. The lowest BCUT2D eigenvalue weighted by atomic mass is 10.1. The van der Waals surface area contributed by atoms with Crippen molar-refractivity contribution in [3.8, 4) is 5.75 Å². The predicted octanol–water partition coefficient (Wildman–Crippen LogP) is 3.30. The molecule has 4 rings (SSSR count). The van der Waals surface area contributed by atoms with Gasteiger partial charge in [-0.2, -0.15) is 0 Å². The number of halogens is 1. The molecule has 0 fully saturated rings. The molecule has 0 unspecified atom stereocenters. The Labute approximate surface area is 203 Å². The number of carbonyl (C=O) groups is 2. The fraction of sp³-hybridized carbons (Fsp3) is 0.200. The average molecular weight is 498 g/mol. The lowest BCUT2D eigenvalue weighted by Crippen LogP contribution is -2.35. The third-order valence-corrected chi connectivity index (χ3v) is 7.48. The first-order valence-electron chi connectivity index (χ1n) is 10.8. The fourth-order valence-corrected chi connectivity index (χ4v) is 5.49. The molecule has 182 valence electrons. The van der Waals surface area contributed by atoms with Crippen LogP contribution in [-0.2, 0) is 21.2 Å². The van der Waals surface area contributed by atoms with Crippen molar-refractivity contribution in [2.45, 2.75) is 11.3 Å². The van der Waals surface area contributed by atoms with Crippen LogP contribution in [0.25, 0.3) is 0 Å². The van der Waals surface area contributed by atoms with E-state index in [1.165, 1.54) is 54.9 Å². The smallest absolute Gasteiger partial charge is 0.264 e. The van der Waals surface area contributed by atoms with Gasteiger partial charge in [-0.05, 0) is 54.4 Å². The van der Waals surface area contributed by atoms with Crippen LogP contribution in [0.15, 0.2) is 71.6 Å². The number of likely N-dealkylation sites (N-methyl/N-ethyl adjacent to an activating group) is 1. The number of amides is 2. The van der Waals surface area contributed by atoms with E-state index in [2.05, 4.69) is 5.32 Å². The summed E-state index contributed by atoms with van der Waals surface area (Å²) in [5.74, 6) is -1.47. The van der Waals surface area contributed by atoms with E-state index in [0.29, 0.717) is 18.7 Å². The minimum atomic E-state index is -3.93. The number of fused-ring (bicyclic) bond motifs is 1. The minimum Gasteiger partial charge on any atom is -0.496 e. The summed E-state index contributed by atoms with van der Waals surface area (Å²) in [5.41, 5.74) is 1.81. The van der Waals surface area contributed by atoms with Crippen molar-refractivity contribution >= 4 is 33.2 Å². The molecule has 0 bridgehead atoms. The monoisotopic (exact) mass is 497 g/mol. The molecule has 0 radical (unpaired) electrons. The fourth-order valence-electron chi connectivity index (χ4n) is 3.96. The molecule has 35 heavy (non-hydrogen) atoms. The summed E-state index contributed by atoms with van der Waals surface area (Å²) >= 11 is 0. The molecule has 1 N–H and O–H groups in total. The van der Waals surface area contributed by atoms with E-state index < -0.39 is 27.7 Å². The highest BCUT2D eigenvalue weighted by Gasteiger charge is 2.32. The molecular weight excluding hydrogens is 473 g/mol. The van der Waals surface area contributed by atoms with Crippen LogP contribution in [0.2, 0.25) is 0 Å². The van der Waals surface area contributed by atoms with Crippen molar-refractivity contribution in [1.82, 2.24) is 4.90 Å². The summed E-state index contributed by atoms with van der Waals surface area (Å²) in [6, 6.07) is 16.7. The number of para-hydroxylation sites is 1. The molecule has 1 heterocycles. The third kappa shape index (κ3) is 4.97. The van der Waals surface area contributed by atoms with Gasteiger partial charge >= 0.3 is 0 Å². The number of ether oxygens (including phenoxy) is 1. The largest absolute Gasteiger partial charge is 0.496 e. The molecule has 0 spiro atoms. The summed E-state index contributed by atoms with van der Waals surface area (Å²) in [5, 5.41) is 2.52. The number of rotatable bonds is 7. The van der Waals surface area contributed by atoms with Crippen LogP contribution in [0.4, 0.5) is 15.8 Å². The Morgan fingerprint density at radius 1 is 1.09 bits per heavy atom. The van der Waals surface area contributed by atoms with Crippen molar-refractivity contribution in [2.24, 2.45) is 0 Å². The molecule has 0 aromatic heterocycles. The van der Waals surface area contributed by atoms with Crippen molar-refractivity contribution in [2.75, 3.05) is 36.9 Å². The van der Waals surface area contributed by atoms with Gasteiger partial charge in [-0.25, -0.2) is 12.8 Å². The number of hydrogen-bond donors (Lipinski definition) is 1. The van der Waals surface area contributed by atoms with Crippen molar-refractivity contribution in [3.63, 3.8) is 0 Å². The van der Waals surface area contributed by atoms with Gasteiger partial charge in [0.2, 0.25) is 5.91 Å². The summed E-state index contributed by atoms with van der Waals surface area (Å²) in [6.07, 6.45) is 0.598. The molecule has 0 aliphatic carbocycles. The predicted molar refractivity (Wildman–Crippen MR) is 130 cm³/mol. The van der Waals surface area contributed by atoms with Crippen LogP contribution >= 0.6 is 0 Å². The second-order valence-electron chi connectivity index (χ2n) is 8.04. The minimum absolute atomic E-state index is 0.00196. The number of benzene rings is 3. The number of nitrogens with one attached hydrogen (secondary N) is 1. The number of methoxy groups -OCH3 is 1. The molecule has 1 aliphatic heterocycles. The molecule has 3 aromatic carbocycles. The van der Waals surface area contributed by atoms with Crippen LogP contribution in [0.5, 0.6) is 5.75 Å². The molecule has 0 saturated carbocycles. The molecule has 0 atom stereocenters. The van der Waals surface area contributed by atoms with Gasteiger partial charge in [0.15, 0.2) is 0 Å². The van der Waals surface area contributed by atoms with Crippen molar-refractivity contribution in [3.05, 3.63) is 83.7 Å². The standard InChI is InChI=1S/C25H24FN3O5S/c1-28(16-24(30)27-19-8-5-7-18(26)14-19)25(31)21-15-20(10-11-23(21)34-2)35(32,33)29-13-12-17-6-3-4-9-22(17)29/h3-11,14-15H,12-13,16H2,1-2H3,(H,27,30). The van der Waals surface area contributed by atoms with Gasteiger partial charge in [-0.1, -0.05) is 24.3 Å². The van der Waals surface area contributed by atoms with E-state index in [4.69, 9.17) is 4.74 Å². The quantitative estimate of drug-likeness (QED) is 0.541. The summed E-state index contributed by atoms with van der Waals surface area (Å²) in [7, 11) is -1.16. The maximum Gasteiger partial charge on any atom is 0.264 e. The number of nitrogens with zero attached hydrogens (tertiary/aromatic N) is 2. The van der Waals surface area contributed by atoms with E-state index in [-0.39, 0.29) is 28.4 Å². The van der Waals surface area contributed by atoms with Crippen LogP contribution in [0, 0.1) is 5.82 Å². The zero-order valence-electron chi connectivity index (χ0n) is 19.2. The first-order chi connectivity index (χ1) is 16.7. The molecule has 10 heteroatoms. The highest BCUT2D eigenvalue weighted by Crippen LogP contribution is 2.34. The van der Waals surface area contributed by atoms with Gasteiger partial charge < -0.3 is 15.0 Å². The second kappa shape index (κ2) is 9.75. The number of sulfonamides is 1. The normalized spacial score (nSPS) is 12.7. The van der Waals surface area contributed by atoms with Crippen molar-refractivity contribution < 1.29 is 27.1 Å².